The van der Waals surface area contributed by atoms with Crippen LogP contribution < -0.4 is 10.5 Å². The number of aromatic nitrogens is 1. The Labute approximate surface area is 113 Å². The quantitative estimate of drug-likeness (QED) is 0.835. The summed E-state index contributed by atoms with van der Waals surface area (Å²) in [7, 11) is 2.16. The van der Waals surface area contributed by atoms with Gasteiger partial charge in [0.1, 0.15) is 12.4 Å². The van der Waals surface area contributed by atoms with Crippen molar-refractivity contribution in [1.82, 2.24) is 9.88 Å². The summed E-state index contributed by atoms with van der Waals surface area (Å²) in [5.41, 5.74) is 6.72. The van der Waals surface area contributed by atoms with Gasteiger partial charge in [0.05, 0.1) is 0 Å². The Kier molecular flexibility index (Phi) is 3.25. The van der Waals surface area contributed by atoms with Gasteiger partial charge in [0.15, 0.2) is 0 Å². The topological polar surface area (TPSA) is 51.4 Å². The zero-order valence-corrected chi connectivity index (χ0v) is 11.2. The zero-order chi connectivity index (χ0) is 13.2. The summed E-state index contributed by atoms with van der Waals surface area (Å²) >= 11 is 0. The fourth-order valence-corrected chi connectivity index (χ4v) is 2.31. The van der Waals surface area contributed by atoms with Crippen LogP contribution in [0.2, 0.25) is 0 Å². The molecule has 1 saturated carbocycles. The number of likely N-dealkylation sites (N-methyl/N-ethyl adjacent to an activating group) is 1. The number of ether oxygens (including phenoxy) is 1. The standard InChI is InChI=1S/C15H19N3O/c1-18(11-2-3-11)8-9-19-15-5-4-14(16)12-6-7-17-10-13(12)15/h4-7,10-11H,2-3,8-9,16H2,1H3. The van der Waals surface area contributed by atoms with Crippen molar-refractivity contribution in [1.29, 1.82) is 0 Å². The van der Waals surface area contributed by atoms with Crippen molar-refractivity contribution in [3.63, 3.8) is 0 Å². The molecular weight excluding hydrogens is 238 g/mol. The van der Waals surface area contributed by atoms with Gasteiger partial charge in [0.2, 0.25) is 0 Å². The summed E-state index contributed by atoms with van der Waals surface area (Å²) in [4.78, 5) is 6.51. The van der Waals surface area contributed by atoms with Crippen molar-refractivity contribution in [2.75, 3.05) is 25.9 Å². The van der Waals surface area contributed by atoms with E-state index in [1.807, 2.05) is 24.4 Å². The van der Waals surface area contributed by atoms with E-state index in [1.165, 1.54) is 12.8 Å². The average molecular weight is 257 g/mol. The predicted molar refractivity (Wildman–Crippen MR) is 77.3 cm³/mol. The lowest BCUT2D eigenvalue weighted by Crippen LogP contribution is -2.26. The van der Waals surface area contributed by atoms with E-state index in [0.717, 1.165) is 34.8 Å². The van der Waals surface area contributed by atoms with Gasteiger partial charge in [-0.25, -0.2) is 0 Å². The Hall–Kier alpha value is -1.81. The van der Waals surface area contributed by atoms with Crippen LogP contribution in [0.15, 0.2) is 30.6 Å². The summed E-state index contributed by atoms with van der Waals surface area (Å²) in [6.07, 6.45) is 6.21. The van der Waals surface area contributed by atoms with E-state index in [-0.39, 0.29) is 0 Å². The van der Waals surface area contributed by atoms with E-state index in [9.17, 15) is 0 Å². The van der Waals surface area contributed by atoms with Gasteiger partial charge in [-0.1, -0.05) is 0 Å². The van der Waals surface area contributed by atoms with Crippen molar-refractivity contribution in [3.8, 4) is 5.75 Å². The fourth-order valence-electron chi connectivity index (χ4n) is 2.31. The molecule has 4 heteroatoms. The number of anilines is 1. The summed E-state index contributed by atoms with van der Waals surface area (Å²) in [6.45, 7) is 1.65. The molecule has 0 spiro atoms. The van der Waals surface area contributed by atoms with Crippen molar-refractivity contribution < 1.29 is 4.74 Å². The molecule has 0 aliphatic heterocycles. The summed E-state index contributed by atoms with van der Waals surface area (Å²) in [5, 5.41) is 1.99. The number of hydrogen-bond donors (Lipinski definition) is 1. The highest BCUT2D eigenvalue weighted by atomic mass is 16.5. The molecule has 0 amide bonds. The second-order valence-corrected chi connectivity index (χ2v) is 5.13. The van der Waals surface area contributed by atoms with Crippen LogP contribution in [0.25, 0.3) is 10.8 Å². The smallest absolute Gasteiger partial charge is 0.128 e. The Morgan fingerprint density at radius 1 is 1.32 bits per heavy atom. The Balaban J connectivity index is 1.72. The van der Waals surface area contributed by atoms with Gasteiger partial charge in [-0.15, -0.1) is 0 Å². The van der Waals surface area contributed by atoms with Gasteiger partial charge in [-0.3, -0.25) is 4.98 Å². The van der Waals surface area contributed by atoms with Crippen LogP contribution in [0.1, 0.15) is 12.8 Å². The molecule has 0 unspecified atom stereocenters. The number of rotatable bonds is 5. The lowest BCUT2D eigenvalue weighted by atomic mass is 10.1. The minimum atomic E-state index is 0.695. The molecule has 1 heterocycles. The lowest BCUT2D eigenvalue weighted by Gasteiger charge is -2.16. The van der Waals surface area contributed by atoms with Crippen LogP contribution in [-0.2, 0) is 0 Å². The van der Waals surface area contributed by atoms with E-state index in [4.69, 9.17) is 10.5 Å². The predicted octanol–water partition coefficient (Wildman–Crippen LogP) is 2.29. The Morgan fingerprint density at radius 2 is 2.16 bits per heavy atom. The Morgan fingerprint density at radius 3 is 2.95 bits per heavy atom. The van der Waals surface area contributed by atoms with Gasteiger partial charge in [0.25, 0.3) is 0 Å². The van der Waals surface area contributed by atoms with E-state index < -0.39 is 0 Å². The molecule has 19 heavy (non-hydrogen) atoms. The van der Waals surface area contributed by atoms with Gasteiger partial charge >= 0.3 is 0 Å². The maximum absolute atomic E-state index is 5.96. The average Bonchev–Trinajstić information content (AvgIpc) is 3.26. The number of hydrogen-bond acceptors (Lipinski definition) is 4. The molecule has 2 N–H and O–H groups in total. The van der Waals surface area contributed by atoms with E-state index >= 15 is 0 Å². The number of fused-ring (bicyclic) bond motifs is 1. The third-order valence-corrected chi connectivity index (χ3v) is 3.68. The molecular formula is C15H19N3O. The molecule has 2 aromatic rings. The van der Waals surface area contributed by atoms with Crippen LogP contribution >= 0.6 is 0 Å². The minimum Gasteiger partial charge on any atom is -0.492 e. The van der Waals surface area contributed by atoms with Gasteiger partial charge in [-0.05, 0) is 38.1 Å². The molecule has 4 nitrogen and oxygen atoms in total. The highest BCUT2D eigenvalue weighted by molar-refractivity contribution is 5.96. The maximum Gasteiger partial charge on any atom is 0.128 e. The molecule has 3 rings (SSSR count). The zero-order valence-electron chi connectivity index (χ0n) is 11.2. The van der Waals surface area contributed by atoms with Crippen molar-refractivity contribution in [3.05, 3.63) is 30.6 Å². The van der Waals surface area contributed by atoms with E-state index in [0.29, 0.717) is 6.61 Å². The number of nitrogens with two attached hydrogens (primary N) is 1. The second kappa shape index (κ2) is 5.05. The minimum absolute atomic E-state index is 0.695. The Bertz CT molecular complexity index is 581. The van der Waals surface area contributed by atoms with Crippen molar-refractivity contribution in [2.45, 2.75) is 18.9 Å². The molecule has 1 aliphatic rings. The number of benzene rings is 1. The highest BCUT2D eigenvalue weighted by Crippen LogP contribution is 2.29. The van der Waals surface area contributed by atoms with Crippen LogP contribution in [-0.4, -0.2) is 36.1 Å². The van der Waals surface area contributed by atoms with Gasteiger partial charge in [-0.2, -0.15) is 0 Å². The largest absolute Gasteiger partial charge is 0.492 e. The molecule has 100 valence electrons. The molecule has 0 atom stereocenters. The first kappa shape index (κ1) is 12.2. The first-order chi connectivity index (χ1) is 9.25. The normalized spacial score (nSPS) is 15.1. The SMILES string of the molecule is CN(CCOc1ccc(N)c2ccncc12)C1CC1. The monoisotopic (exact) mass is 257 g/mol. The molecule has 0 bridgehead atoms. The van der Waals surface area contributed by atoms with Crippen LogP contribution in [0.3, 0.4) is 0 Å². The molecule has 1 aliphatic carbocycles. The second-order valence-electron chi connectivity index (χ2n) is 5.13. The van der Waals surface area contributed by atoms with E-state index in [2.05, 4.69) is 16.9 Å². The van der Waals surface area contributed by atoms with E-state index in [1.54, 1.807) is 6.20 Å². The van der Waals surface area contributed by atoms with Gasteiger partial charge < -0.3 is 15.4 Å². The summed E-state index contributed by atoms with van der Waals surface area (Å²) in [5.74, 6) is 0.862. The molecule has 0 saturated heterocycles. The highest BCUT2D eigenvalue weighted by Gasteiger charge is 2.25. The number of pyridine rings is 1. The maximum atomic E-state index is 5.96. The van der Waals surface area contributed by atoms with Gasteiger partial charge in [0, 0.05) is 41.4 Å². The van der Waals surface area contributed by atoms with Crippen LogP contribution in [0, 0.1) is 0 Å². The number of nitrogen functional groups attached to an aromatic ring is 1. The first-order valence-electron chi connectivity index (χ1n) is 6.71. The molecule has 1 aromatic heterocycles. The summed E-state index contributed by atoms with van der Waals surface area (Å²) in [6, 6.07) is 6.51. The fraction of sp³-hybridized carbons (Fsp3) is 0.400. The molecule has 1 fully saturated rings. The lowest BCUT2D eigenvalue weighted by molar-refractivity contribution is 0.233. The summed E-state index contributed by atoms with van der Waals surface area (Å²) < 4.78 is 5.89. The third-order valence-electron chi connectivity index (χ3n) is 3.68. The van der Waals surface area contributed by atoms with Crippen molar-refractivity contribution in [2.24, 2.45) is 0 Å². The van der Waals surface area contributed by atoms with Crippen LogP contribution in [0.5, 0.6) is 5.75 Å². The first-order valence-corrected chi connectivity index (χ1v) is 6.71. The molecule has 0 radical (unpaired) electrons. The van der Waals surface area contributed by atoms with Crippen LogP contribution in [0.4, 0.5) is 5.69 Å². The number of nitrogens with zero attached hydrogens (tertiary/aromatic N) is 2. The third kappa shape index (κ3) is 2.63. The molecule has 1 aromatic carbocycles. The van der Waals surface area contributed by atoms with Crippen molar-refractivity contribution >= 4 is 16.5 Å².